The highest BCUT2D eigenvalue weighted by Crippen LogP contribution is 2.20. The molecule has 2 aromatic heterocycles. The fourth-order valence-electron chi connectivity index (χ4n) is 3.00. The first-order chi connectivity index (χ1) is 14.4. The van der Waals surface area contributed by atoms with Crippen LogP contribution in [0.1, 0.15) is 49.5 Å². The van der Waals surface area contributed by atoms with Crippen LogP contribution in [0.15, 0.2) is 36.5 Å². The SMILES string of the molecule is CCc1[nH]c(C(=O)NNC(=O)c2nn(-c3ccccc3)cc2O)c(C)c1C(=O)OC. The van der Waals surface area contributed by atoms with Crippen LogP contribution in [0, 0.1) is 6.92 Å². The number of ether oxygens (including phenoxy) is 1. The summed E-state index contributed by atoms with van der Waals surface area (Å²) >= 11 is 0. The predicted molar refractivity (Wildman–Crippen MR) is 106 cm³/mol. The van der Waals surface area contributed by atoms with Crippen LogP contribution in [0.4, 0.5) is 0 Å². The molecule has 0 saturated heterocycles. The van der Waals surface area contributed by atoms with E-state index in [1.54, 1.807) is 31.2 Å². The predicted octanol–water partition coefficient (Wildman–Crippen LogP) is 1.64. The molecule has 0 radical (unpaired) electrons. The van der Waals surface area contributed by atoms with E-state index in [-0.39, 0.29) is 22.7 Å². The number of aromatic amines is 1. The molecule has 0 fully saturated rings. The van der Waals surface area contributed by atoms with Crippen molar-refractivity contribution in [3.05, 3.63) is 64.7 Å². The number of hydrazine groups is 1. The lowest BCUT2D eigenvalue weighted by molar-refractivity contribution is 0.0598. The van der Waals surface area contributed by atoms with Crippen molar-refractivity contribution in [3.63, 3.8) is 0 Å². The van der Waals surface area contributed by atoms with Crippen LogP contribution in [0.25, 0.3) is 5.69 Å². The molecule has 0 unspecified atom stereocenters. The van der Waals surface area contributed by atoms with E-state index in [2.05, 4.69) is 20.9 Å². The smallest absolute Gasteiger partial charge is 0.339 e. The molecule has 2 heterocycles. The third-order valence-corrected chi connectivity index (χ3v) is 4.52. The normalized spacial score (nSPS) is 10.5. The molecule has 30 heavy (non-hydrogen) atoms. The number of nitrogens with zero attached hydrogens (tertiary/aromatic N) is 2. The molecule has 0 saturated carbocycles. The molecule has 10 nitrogen and oxygen atoms in total. The Kier molecular flexibility index (Phi) is 5.86. The van der Waals surface area contributed by atoms with Crippen molar-refractivity contribution in [1.82, 2.24) is 25.6 Å². The van der Waals surface area contributed by atoms with E-state index in [0.717, 1.165) is 0 Å². The lowest BCUT2D eigenvalue weighted by Crippen LogP contribution is -2.42. The first-order valence-electron chi connectivity index (χ1n) is 9.11. The van der Waals surface area contributed by atoms with Gasteiger partial charge in [0, 0.05) is 5.69 Å². The molecule has 2 amide bonds. The Balaban J connectivity index is 1.74. The molecule has 156 valence electrons. The number of rotatable bonds is 5. The molecule has 0 aliphatic heterocycles. The van der Waals surface area contributed by atoms with Gasteiger partial charge < -0.3 is 14.8 Å². The standard InChI is InChI=1S/C20H21N5O5/c1-4-13-15(20(29)30-3)11(2)16(21-13)18(27)22-23-19(28)17-14(26)10-25(24-17)12-8-6-5-7-9-12/h5-10,21,26H,4H2,1-3H3,(H,22,27)(H,23,28). The molecule has 0 spiro atoms. The second kappa shape index (κ2) is 8.52. The fourth-order valence-corrected chi connectivity index (χ4v) is 3.00. The maximum atomic E-state index is 12.5. The van der Waals surface area contributed by atoms with Crippen molar-refractivity contribution in [2.75, 3.05) is 7.11 Å². The molecule has 3 aromatic rings. The van der Waals surface area contributed by atoms with Gasteiger partial charge in [0.2, 0.25) is 0 Å². The Morgan fingerprint density at radius 3 is 2.47 bits per heavy atom. The summed E-state index contributed by atoms with van der Waals surface area (Å²) in [5.74, 6) is -2.36. The number of aryl methyl sites for hydroxylation is 1. The van der Waals surface area contributed by atoms with Gasteiger partial charge in [-0.05, 0) is 31.0 Å². The van der Waals surface area contributed by atoms with Gasteiger partial charge in [0.25, 0.3) is 11.8 Å². The second-order valence-corrected chi connectivity index (χ2v) is 6.38. The van der Waals surface area contributed by atoms with Crippen molar-refractivity contribution in [2.45, 2.75) is 20.3 Å². The van der Waals surface area contributed by atoms with Gasteiger partial charge in [-0.2, -0.15) is 5.10 Å². The number of carbonyl (C=O) groups excluding carboxylic acids is 3. The lowest BCUT2D eigenvalue weighted by atomic mass is 10.1. The monoisotopic (exact) mass is 411 g/mol. The third kappa shape index (κ3) is 3.88. The first-order valence-corrected chi connectivity index (χ1v) is 9.11. The summed E-state index contributed by atoms with van der Waals surface area (Å²) in [6.07, 6.45) is 1.77. The maximum Gasteiger partial charge on any atom is 0.339 e. The number of methoxy groups -OCH3 is 1. The summed E-state index contributed by atoms with van der Waals surface area (Å²) in [6.45, 7) is 3.43. The highest BCUT2D eigenvalue weighted by atomic mass is 16.5. The Morgan fingerprint density at radius 1 is 1.17 bits per heavy atom. The first kappa shape index (κ1) is 20.6. The third-order valence-electron chi connectivity index (χ3n) is 4.52. The molecule has 4 N–H and O–H groups in total. The van der Waals surface area contributed by atoms with Gasteiger partial charge >= 0.3 is 5.97 Å². The number of nitrogens with one attached hydrogen (secondary N) is 3. The molecular weight excluding hydrogens is 390 g/mol. The molecule has 0 atom stereocenters. The number of aromatic nitrogens is 3. The van der Waals surface area contributed by atoms with Gasteiger partial charge in [-0.15, -0.1) is 0 Å². The van der Waals surface area contributed by atoms with Crippen LogP contribution in [-0.2, 0) is 11.2 Å². The quantitative estimate of drug-likeness (QED) is 0.372. The molecule has 3 rings (SSSR count). The van der Waals surface area contributed by atoms with Gasteiger partial charge in [0.15, 0.2) is 11.4 Å². The average Bonchev–Trinajstić information content (AvgIpc) is 3.31. The van der Waals surface area contributed by atoms with Crippen LogP contribution in [0.3, 0.4) is 0 Å². The van der Waals surface area contributed by atoms with Crippen molar-refractivity contribution < 1.29 is 24.2 Å². The maximum absolute atomic E-state index is 12.5. The minimum absolute atomic E-state index is 0.117. The topological polar surface area (TPSA) is 138 Å². The van der Waals surface area contributed by atoms with Gasteiger partial charge in [-0.1, -0.05) is 25.1 Å². The van der Waals surface area contributed by atoms with Crippen LogP contribution < -0.4 is 10.9 Å². The number of hydrogen-bond acceptors (Lipinski definition) is 6. The Labute approximate surface area is 171 Å². The van der Waals surface area contributed by atoms with E-state index >= 15 is 0 Å². The largest absolute Gasteiger partial charge is 0.504 e. The van der Waals surface area contributed by atoms with Gasteiger partial charge in [0.05, 0.1) is 24.6 Å². The minimum atomic E-state index is -0.802. The van der Waals surface area contributed by atoms with Crippen molar-refractivity contribution in [2.24, 2.45) is 0 Å². The van der Waals surface area contributed by atoms with E-state index in [0.29, 0.717) is 23.4 Å². The average molecular weight is 411 g/mol. The molecule has 1 aromatic carbocycles. The molecule has 0 aliphatic rings. The summed E-state index contributed by atoms with van der Waals surface area (Å²) in [4.78, 5) is 39.7. The summed E-state index contributed by atoms with van der Waals surface area (Å²) < 4.78 is 6.11. The lowest BCUT2D eigenvalue weighted by Gasteiger charge is -2.06. The zero-order chi connectivity index (χ0) is 21.8. The highest BCUT2D eigenvalue weighted by molar-refractivity contribution is 6.02. The summed E-state index contributed by atoms with van der Waals surface area (Å²) in [5.41, 5.74) is 6.22. The molecule has 0 bridgehead atoms. The summed E-state index contributed by atoms with van der Waals surface area (Å²) in [7, 11) is 1.26. The van der Waals surface area contributed by atoms with Crippen molar-refractivity contribution in [1.29, 1.82) is 0 Å². The number of para-hydroxylation sites is 1. The Morgan fingerprint density at radius 2 is 1.83 bits per heavy atom. The van der Waals surface area contributed by atoms with E-state index in [1.165, 1.54) is 18.0 Å². The Bertz CT molecular complexity index is 1100. The number of H-pyrrole nitrogens is 1. The van der Waals surface area contributed by atoms with E-state index in [9.17, 15) is 19.5 Å². The van der Waals surface area contributed by atoms with Crippen LogP contribution >= 0.6 is 0 Å². The highest BCUT2D eigenvalue weighted by Gasteiger charge is 2.24. The van der Waals surface area contributed by atoms with Gasteiger partial charge in [0.1, 0.15) is 5.69 Å². The van der Waals surface area contributed by atoms with E-state index < -0.39 is 17.8 Å². The second-order valence-electron chi connectivity index (χ2n) is 6.38. The van der Waals surface area contributed by atoms with Crippen LogP contribution in [0.2, 0.25) is 0 Å². The fraction of sp³-hybridized carbons (Fsp3) is 0.200. The van der Waals surface area contributed by atoms with Crippen LogP contribution in [0.5, 0.6) is 5.75 Å². The van der Waals surface area contributed by atoms with E-state index in [4.69, 9.17) is 4.74 Å². The number of amides is 2. The van der Waals surface area contributed by atoms with Crippen LogP contribution in [-0.4, -0.2) is 44.8 Å². The van der Waals surface area contributed by atoms with Gasteiger partial charge in [-0.25, -0.2) is 9.48 Å². The summed E-state index contributed by atoms with van der Waals surface area (Å²) in [5, 5.41) is 14.1. The number of hydrogen-bond donors (Lipinski definition) is 4. The van der Waals surface area contributed by atoms with Crippen molar-refractivity contribution >= 4 is 17.8 Å². The zero-order valence-corrected chi connectivity index (χ0v) is 16.6. The van der Waals surface area contributed by atoms with Crippen molar-refractivity contribution in [3.8, 4) is 11.4 Å². The Hall–Kier alpha value is -4.08. The summed E-state index contributed by atoms with van der Waals surface area (Å²) in [6, 6.07) is 8.93. The number of carbonyl (C=O) groups is 3. The minimum Gasteiger partial charge on any atom is -0.504 e. The van der Waals surface area contributed by atoms with Gasteiger partial charge in [-0.3, -0.25) is 20.4 Å². The number of benzene rings is 1. The molecular formula is C20H21N5O5. The number of aromatic hydroxyl groups is 1. The zero-order valence-electron chi connectivity index (χ0n) is 16.6. The number of esters is 1. The molecule has 10 heteroatoms. The molecule has 0 aliphatic carbocycles. The van der Waals surface area contributed by atoms with E-state index in [1.807, 2.05) is 13.0 Å².